The minimum Gasteiger partial charge on any atom is -0.300 e. The summed E-state index contributed by atoms with van der Waals surface area (Å²) in [5.74, 6) is -1.49. The van der Waals surface area contributed by atoms with E-state index < -0.39 is 5.91 Å². The Kier molecular flexibility index (Phi) is 4.16. The monoisotopic (exact) mass is 333 g/mol. The molecule has 0 spiro atoms. The van der Waals surface area contributed by atoms with E-state index in [0.29, 0.717) is 10.8 Å². The summed E-state index contributed by atoms with van der Waals surface area (Å²) in [5, 5.41) is 4.65. The van der Waals surface area contributed by atoms with Gasteiger partial charge in [0.05, 0.1) is 5.69 Å². The number of carbonyl (C=O) groups is 3. The summed E-state index contributed by atoms with van der Waals surface area (Å²) in [4.78, 5) is 40.0. The van der Waals surface area contributed by atoms with E-state index in [0.717, 1.165) is 10.5 Å². The fraction of sp³-hybridized carbons (Fsp3) is 0.200. The molecule has 0 atom stereocenters. The number of benzene rings is 1. The third-order valence-electron chi connectivity index (χ3n) is 3.35. The van der Waals surface area contributed by atoms with Crippen LogP contribution < -0.4 is 5.32 Å². The van der Waals surface area contributed by atoms with E-state index >= 15 is 0 Å². The van der Waals surface area contributed by atoms with Crippen LogP contribution in [0.3, 0.4) is 0 Å². The largest absolute Gasteiger partial charge is 0.300 e. The van der Waals surface area contributed by atoms with Crippen molar-refractivity contribution in [3.63, 3.8) is 0 Å². The van der Waals surface area contributed by atoms with Gasteiger partial charge in [0.15, 0.2) is 5.13 Å². The van der Waals surface area contributed by atoms with Crippen LogP contribution in [0.5, 0.6) is 0 Å². The third kappa shape index (κ3) is 3.42. The molecule has 118 valence electrons. The van der Waals surface area contributed by atoms with Crippen LogP contribution in [0.2, 0.25) is 0 Å². The maximum atomic E-state index is 12.9. The smallest absolute Gasteiger partial charge is 0.246 e. The molecule has 1 saturated heterocycles. The normalized spacial score (nSPS) is 14.4. The molecule has 2 heterocycles. The molecule has 1 aliphatic heterocycles. The van der Waals surface area contributed by atoms with Crippen molar-refractivity contribution in [3.8, 4) is 11.3 Å². The molecular weight excluding hydrogens is 321 g/mol. The number of nitrogens with zero attached hydrogens (tertiary/aromatic N) is 2. The quantitative estimate of drug-likeness (QED) is 0.869. The van der Waals surface area contributed by atoms with Gasteiger partial charge in [-0.25, -0.2) is 9.37 Å². The Morgan fingerprint density at radius 1 is 1.22 bits per heavy atom. The number of carbonyl (C=O) groups excluding carboxylic acids is 3. The highest BCUT2D eigenvalue weighted by atomic mass is 32.1. The van der Waals surface area contributed by atoms with Gasteiger partial charge >= 0.3 is 0 Å². The highest BCUT2D eigenvalue weighted by Gasteiger charge is 2.30. The number of likely N-dealkylation sites (tertiary alicyclic amines) is 1. The van der Waals surface area contributed by atoms with Crippen LogP contribution in [0.25, 0.3) is 11.3 Å². The fourth-order valence-corrected chi connectivity index (χ4v) is 2.92. The standard InChI is InChI=1S/C15H12FN3O3S/c16-10-3-1-9(2-4-10)11-8-23-15(17-11)18-12(20)7-19-13(21)5-6-14(19)22/h1-4,8H,5-7H2,(H,17,18,20). The lowest BCUT2D eigenvalue weighted by molar-refractivity contribution is -0.141. The van der Waals surface area contributed by atoms with E-state index in [4.69, 9.17) is 0 Å². The summed E-state index contributed by atoms with van der Waals surface area (Å²) >= 11 is 1.21. The minimum absolute atomic E-state index is 0.151. The van der Waals surface area contributed by atoms with Crippen LogP contribution >= 0.6 is 11.3 Å². The van der Waals surface area contributed by atoms with Crippen molar-refractivity contribution < 1.29 is 18.8 Å². The number of nitrogens with one attached hydrogen (secondary N) is 1. The van der Waals surface area contributed by atoms with Gasteiger partial charge in [0, 0.05) is 23.8 Å². The van der Waals surface area contributed by atoms with Crippen molar-refractivity contribution >= 4 is 34.2 Å². The Labute approximate surface area is 134 Å². The highest BCUT2D eigenvalue weighted by Crippen LogP contribution is 2.25. The van der Waals surface area contributed by atoms with Crippen molar-refractivity contribution in [2.45, 2.75) is 12.8 Å². The summed E-state index contributed by atoms with van der Waals surface area (Å²) in [6.07, 6.45) is 0.302. The number of hydrogen-bond donors (Lipinski definition) is 1. The molecule has 0 bridgehead atoms. The Hall–Kier alpha value is -2.61. The maximum Gasteiger partial charge on any atom is 0.246 e. The first-order chi connectivity index (χ1) is 11.0. The maximum absolute atomic E-state index is 12.9. The number of hydrogen-bond acceptors (Lipinski definition) is 5. The van der Waals surface area contributed by atoms with E-state index in [1.807, 2.05) is 0 Å². The second-order valence-corrected chi connectivity index (χ2v) is 5.82. The van der Waals surface area contributed by atoms with Gasteiger partial charge in [0.2, 0.25) is 17.7 Å². The zero-order valence-corrected chi connectivity index (χ0v) is 12.7. The molecule has 6 nitrogen and oxygen atoms in total. The zero-order chi connectivity index (χ0) is 16.4. The lowest BCUT2D eigenvalue weighted by atomic mass is 10.2. The fourth-order valence-electron chi connectivity index (χ4n) is 2.19. The Morgan fingerprint density at radius 2 is 1.87 bits per heavy atom. The van der Waals surface area contributed by atoms with Crippen molar-refractivity contribution in [2.75, 3.05) is 11.9 Å². The first-order valence-electron chi connectivity index (χ1n) is 6.87. The second kappa shape index (κ2) is 6.25. The average molecular weight is 333 g/mol. The molecule has 1 aliphatic rings. The summed E-state index contributed by atoms with van der Waals surface area (Å²) < 4.78 is 12.9. The summed E-state index contributed by atoms with van der Waals surface area (Å²) in [6, 6.07) is 5.85. The molecule has 0 aliphatic carbocycles. The molecule has 3 amide bonds. The second-order valence-electron chi connectivity index (χ2n) is 4.97. The van der Waals surface area contributed by atoms with Gasteiger partial charge < -0.3 is 5.32 Å². The molecule has 1 fully saturated rings. The van der Waals surface area contributed by atoms with Crippen LogP contribution in [0.1, 0.15) is 12.8 Å². The number of imide groups is 1. The van der Waals surface area contributed by atoms with E-state index in [2.05, 4.69) is 10.3 Å². The number of aromatic nitrogens is 1. The Balaban J connectivity index is 1.64. The average Bonchev–Trinajstić information content (AvgIpc) is 3.10. The molecule has 1 aromatic carbocycles. The third-order valence-corrected chi connectivity index (χ3v) is 4.10. The summed E-state index contributed by atoms with van der Waals surface area (Å²) in [6.45, 7) is -0.302. The van der Waals surface area contributed by atoms with Crippen molar-refractivity contribution in [2.24, 2.45) is 0 Å². The number of amides is 3. The molecule has 23 heavy (non-hydrogen) atoms. The van der Waals surface area contributed by atoms with E-state index in [1.54, 1.807) is 17.5 Å². The molecular formula is C15H12FN3O3S. The van der Waals surface area contributed by atoms with Gasteiger partial charge in [-0.1, -0.05) is 0 Å². The van der Waals surface area contributed by atoms with Gasteiger partial charge in [0.1, 0.15) is 12.4 Å². The molecule has 8 heteroatoms. The van der Waals surface area contributed by atoms with E-state index in [-0.39, 0.29) is 37.0 Å². The topological polar surface area (TPSA) is 79.4 Å². The SMILES string of the molecule is O=C(CN1C(=O)CCC1=O)Nc1nc(-c2ccc(F)cc2)cs1. The van der Waals surface area contributed by atoms with Crippen LogP contribution in [0, 0.1) is 5.82 Å². The lowest BCUT2D eigenvalue weighted by Gasteiger charge is -2.12. The molecule has 3 rings (SSSR count). The number of halogens is 1. The van der Waals surface area contributed by atoms with E-state index in [1.165, 1.54) is 23.5 Å². The molecule has 0 saturated carbocycles. The minimum atomic E-state index is -0.478. The molecule has 1 N–H and O–H groups in total. The van der Waals surface area contributed by atoms with Crippen molar-refractivity contribution in [1.29, 1.82) is 0 Å². The summed E-state index contributed by atoms with van der Waals surface area (Å²) in [5.41, 5.74) is 1.34. The Bertz CT molecular complexity index is 757. The number of rotatable bonds is 4. The van der Waals surface area contributed by atoms with Crippen molar-refractivity contribution in [1.82, 2.24) is 9.88 Å². The first kappa shape index (κ1) is 15.3. The van der Waals surface area contributed by atoms with Gasteiger partial charge in [-0.3, -0.25) is 19.3 Å². The predicted molar refractivity (Wildman–Crippen MR) is 82.1 cm³/mol. The predicted octanol–water partition coefficient (Wildman–Crippen LogP) is 2.04. The molecule has 1 aromatic heterocycles. The van der Waals surface area contributed by atoms with Gasteiger partial charge in [-0.15, -0.1) is 11.3 Å². The van der Waals surface area contributed by atoms with Crippen LogP contribution in [0.4, 0.5) is 9.52 Å². The van der Waals surface area contributed by atoms with Crippen LogP contribution in [0.15, 0.2) is 29.6 Å². The Morgan fingerprint density at radius 3 is 2.52 bits per heavy atom. The van der Waals surface area contributed by atoms with E-state index in [9.17, 15) is 18.8 Å². The molecule has 2 aromatic rings. The highest BCUT2D eigenvalue weighted by molar-refractivity contribution is 7.14. The van der Waals surface area contributed by atoms with Gasteiger partial charge in [-0.2, -0.15) is 0 Å². The lowest BCUT2D eigenvalue weighted by Crippen LogP contribution is -2.36. The first-order valence-corrected chi connectivity index (χ1v) is 7.75. The van der Waals surface area contributed by atoms with Gasteiger partial charge in [-0.05, 0) is 24.3 Å². The number of anilines is 1. The van der Waals surface area contributed by atoms with Gasteiger partial charge in [0.25, 0.3) is 0 Å². The van der Waals surface area contributed by atoms with Crippen LogP contribution in [-0.4, -0.2) is 34.2 Å². The summed E-state index contributed by atoms with van der Waals surface area (Å²) in [7, 11) is 0. The zero-order valence-electron chi connectivity index (χ0n) is 11.9. The molecule has 0 unspecified atom stereocenters. The number of thiazole rings is 1. The van der Waals surface area contributed by atoms with Crippen molar-refractivity contribution in [3.05, 3.63) is 35.5 Å². The molecule has 0 radical (unpaired) electrons. The van der Waals surface area contributed by atoms with Crippen LogP contribution in [-0.2, 0) is 14.4 Å².